The first-order chi connectivity index (χ1) is 8.62. The Morgan fingerprint density at radius 1 is 1.39 bits per heavy atom. The van der Waals surface area contributed by atoms with E-state index in [1.165, 1.54) is 5.01 Å². The quantitative estimate of drug-likeness (QED) is 0.747. The van der Waals surface area contributed by atoms with Crippen LogP contribution in [0.1, 0.15) is 26.7 Å². The molecule has 1 aliphatic rings. The number of rotatable bonds is 3. The van der Waals surface area contributed by atoms with Gasteiger partial charge in [-0.1, -0.05) is 13.8 Å². The predicted octanol–water partition coefficient (Wildman–Crippen LogP) is 1.20. The van der Waals surface area contributed by atoms with Crippen LogP contribution in [-0.4, -0.2) is 17.3 Å². The van der Waals surface area contributed by atoms with Gasteiger partial charge in [0, 0.05) is 6.21 Å². The topological polar surface area (TPSA) is 113 Å². The van der Waals surface area contributed by atoms with Gasteiger partial charge in [0.1, 0.15) is 17.5 Å². The zero-order valence-electron chi connectivity index (χ0n) is 10.4. The van der Waals surface area contributed by atoms with Crippen molar-refractivity contribution in [2.45, 2.75) is 32.7 Å². The molecule has 0 aromatic carbocycles. The van der Waals surface area contributed by atoms with Crippen molar-refractivity contribution in [2.24, 2.45) is 16.3 Å². The molecule has 2 N–H and O–H groups in total. The van der Waals surface area contributed by atoms with Crippen LogP contribution in [0.25, 0.3) is 0 Å². The lowest BCUT2D eigenvalue weighted by Gasteiger charge is -2.26. The molecule has 0 aromatic rings. The van der Waals surface area contributed by atoms with Crippen LogP contribution in [0.5, 0.6) is 0 Å². The number of nitrogens with zero attached hydrogens (tertiary/aromatic N) is 5. The zero-order chi connectivity index (χ0) is 13.8. The number of hydrogen-bond acceptors (Lipinski definition) is 6. The lowest BCUT2D eigenvalue weighted by molar-refractivity contribution is 0.231. The van der Waals surface area contributed by atoms with E-state index >= 15 is 0 Å². The summed E-state index contributed by atoms with van der Waals surface area (Å²) >= 11 is 0. The lowest BCUT2D eigenvalue weighted by Crippen LogP contribution is -2.38. The SMILES string of the molecule is CC/C=N\N1C(N)=C(C#N)C(C#N)(C#N)C1CC. The molecule has 1 heterocycles. The maximum Gasteiger partial charge on any atom is 0.204 e. The van der Waals surface area contributed by atoms with E-state index in [4.69, 9.17) is 11.0 Å². The molecule has 1 unspecified atom stereocenters. The average Bonchev–Trinajstić information content (AvgIpc) is 2.64. The number of hydrazone groups is 1. The molecule has 1 atom stereocenters. The monoisotopic (exact) mass is 242 g/mol. The normalized spacial score (nSPS) is 21.7. The summed E-state index contributed by atoms with van der Waals surface area (Å²) < 4.78 is 0. The minimum absolute atomic E-state index is 0.00685. The van der Waals surface area contributed by atoms with Crippen LogP contribution in [0.15, 0.2) is 16.5 Å². The average molecular weight is 242 g/mol. The summed E-state index contributed by atoms with van der Waals surface area (Å²) in [5, 5.41) is 33.2. The van der Waals surface area contributed by atoms with Gasteiger partial charge >= 0.3 is 0 Å². The van der Waals surface area contributed by atoms with E-state index in [1.807, 2.05) is 32.1 Å². The molecule has 0 bridgehead atoms. The van der Waals surface area contributed by atoms with Crippen molar-refractivity contribution < 1.29 is 0 Å². The zero-order valence-corrected chi connectivity index (χ0v) is 10.4. The highest BCUT2D eigenvalue weighted by molar-refractivity contribution is 5.57. The van der Waals surface area contributed by atoms with E-state index < -0.39 is 11.5 Å². The fourth-order valence-corrected chi connectivity index (χ4v) is 2.06. The maximum atomic E-state index is 9.29. The Hall–Kier alpha value is -2.52. The van der Waals surface area contributed by atoms with Gasteiger partial charge in [0.05, 0.1) is 18.2 Å². The highest BCUT2D eigenvalue weighted by atomic mass is 15.5. The molecule has 0 fully saturated rings. The summed E-state index contributed by atoms with van der Waals surface area (Å²) in [6.07, 6.45) is 2.83. The lowest BCUT2D eigenvalue weighted by atomic mass is 9.78. The van der Waals surface area contributed by atoms with Crippen molar-refractivity contribution in [3.05, 3.63) is 11.4 Å². The Kier molecular flexibility index (Phi) is 3.92. The van der Waals surface area contributed by atoms with Gasteiger partial charge in [0.25, 0.3) is 0 Å². The molecule has 0 aliphatic carbocycles. The van der Waals surface area contributed by atoms with E-state index in [2.05, 4.69) is 5.10 Å². The van der Waals surface area contributed by atoms with Crippen LogP contribution in [-0.2, 0) is 0 Å². The largest absolute Gasteiger partial charge is 0.383 e. The van der Waals surface area contributed by atoms with Crippen molar-refractivity contribution in [3.8, 4) is 18.2 Å². The van der Waals surface area contributed by atoms with Crippen molar-refractivity contribution in [2.75, 3.05) is 0 Å². The van der Waals surface area contributed by atoms with E-state index in [1.54, 1.807) is 6.21 Å². The molecule has 0 saturated carbocycles. The molecule has 18 heavy (non-hydrogen) atoms. The van der Waals surface area contributed by atoms with Crippen molar-refractivity contribution in [1.82, 2.24) is 5.01 Å². The maximum absolute atomic E-state index is 9.29. The third-order valence-corrected chi connectivity index (χ3v) is 2.93. The summed E-state index contributed by atoms with van der Waals surface area (Å²) in [5.41, 5.74) is 4.30. The Bertz CT molecular complexity index is 496. The summed E-state index contributed by atoms with van der Waals surface area (Å²) in [6, 6.07) is 5.21. The van der Waals surface area contributed by atoms with Crippen LogP contribution < -0.4 is 5.73 Å². The third kappa shape index (κ3) is 1.67. The summed E-state index contributed by atoms with van der Waals surface area (Å²) in [6.45, 7) is 3.74. The van der Waals surface area contributed by atoms with Crippen molar-refractivity contribution >= 4 is 6.21 Å². The first-order valence-electron chi connectivity index (χ1n) is 5.67. The van der Waals surface area contributed by atoms with Gasteiger partial charge < -0.3 is 5.73 Å². The molecule has 0 aromatic heterocycles. The first kappa shape index (κ1) is 13.5. The summed E-state index contributed by atoms with van der Waals surface area (Å²) in [7, 11) is 0. The minimum atomic E-state index is -1.53. The highest BCUT2D eigenvalue weighted by Crippen LogP contribution is 2.43. The second-order valence-electron chi connectivity index (χ2n) is 3.88. The highest BCUT2D eigenvalue weighted by Gasteiger charge is 2.54. The molecule has 1 aliphatic heterocycles. The first-order valence-corrected chi connectivity index (χ1v) is 5.67. The molecule has 6 nitrogen and oxygen atoms in total. The van der Waals surface area contributed by atoms with E-state index in [9.17, 15) is 10.5 Å². The van der Waals surface area contributed by atoms with Gasteiger partial charge in [-0.15, -0.1) is 0 Å². The van der Waals surface area contributed by atoms with Gasteiger partial charge in [-0.05, 0) is 12.8 Å². The second kappa shape index (κ2) is 5.21. The molecular formula is C12H14N6. The molecule has 92 valence electrons. The van der Waals surface area contributed by atoms with Gasteiger partial charge in [-0.2, -0.15) is 20.9 Å². The second-order valence-corrected chi connectivity index (χ2v) is 3.88. The molecule has 1 rings (SSSR count). The Morgan fingerprint density at radius 3 is 2.39 bits per heavy atom. The van der Waals surface area contributed by atoms with Crippen LogP contribution in [0, 0.1) is 39.4 Å². The minimum Gasteiger partial charge on any atom is -0.383 e. The van der Waals surface area contributed by atoms with Gasteiger partial charge in [0.15, 0.2) is 0 Å². The molecule has 0 radical (unpaired) electrons. The van der Waals surface area contributed by atoms with Crippen LogP contribution in [0.4, 0.5) is 0 Å². The number of nitrogens with two attached hydrogens (primary N) is 1. The van der Waals surface area contributed by atoms with Crippen LogP contribution in [0.2, 0.25) is 0 Å². The van der Waals surface area contributed by atoms with Gasteiger partial charge in [-0.25, -0.2) is 5.01 Å². The smallest absolute Gasteiger partial charge is 0.204 e. The van der Waals surface area contributed by atoms with Gasteiger partial charge in [0.2, 0.25) is 5.41 Å². The van der Waals surface area contributed by atoms with Crippen molar-refractivity contribution in [1.29, 1.82) is 15.8 Å². The molecule has 0 saturated heterocycles. The third-order valence-electron chi connectivity index (χ3n) is 2.93. The predicted molar refractivity (Wildman–Crippen MR) is 65.2 cm³/mol. The van der Waals surface area contributed by atoms with Gasteiger partial charge in [-0.3, -0.25) is 0 Å². The Balaban J connectivity index is 3.42. The Labute approximate surface area is 106 Å². The number of nitriles is 3. The molecule has 0 amide bonds. The Morgan fingerprint density at radius 2 is 2.00 bits per heavy atom. The molecular weight excluding hydrogens is 228 g/mol. The molecule has 0 spiro atoms. The summed E-state index contributed by atoms with van der Waals surface area (Å²) in [4.78, 5) is 0. The number of hydrogen-bond donors (Lipinski definition) is 1. The summed E-state index contributed by atoms with van der Waals surface area (Å²) in [5.74, 6) is 0.0946. The fourth-order valence-electron chi connectivity index (χ4n) is 2.06. The van der Waals surface area contributed by atoms with E-state index in [-0.39, 0.29) is 11.4 Å². The molecule has 6 heteroatoms. The van der Waals surface area contributed by atoms with Crippen LogP contribution in [0.3, 0.4) is 0 Å². The standard InChI is InChI=1S/C12H14N6/c1-3-5-17-18-10(4-2)12(7-14,8-15)9(6-13)11(18)16/h5,10H,3-4,16H2,1-2H3/b17-5-. The fraction of sp³-hybridized carbons (Fsp3) is 0.500. The van der Waals surface area contributed by atoms with E-state index in [0.717, 1.165) is 0 Å². The van der Waals surface area contributed by atoms with E-state index in [0.29, 0.717) is 12.8 Å². The van der Waals surface area contributed by atoms with Crippen LogP contribution >= 0.6 is 0 Å². The van der Waals surface area contributed by atoms with Crippen molar-refractivity contribution in [3.63, 3.8) is 0 Å².